The second kappa shape index (κ2) is 11.9. The highest BCUT2D eigenvalue weighted by Gasteiger charge is 2.54. The first-order valence-corrected chi connectivity index (χ1v) is 12.4. The van der Waals surface area contributed by atoms with E-state index in [2.05, 4.69) is 0 Å². The lowest BCUT2D eigenvalue weighted by molar-refractivity contribution is -0.342. The average Bonchev–Trinajstić information content (AvgIpc) is 3.25. The molecule has 13 heteroatoms. The van der Waals surface area contributed by atoms with E-state index in [0.717, 1.165) is 6.08 Å². The van der Waals surface area contributed by atoms with Crippen molar-refractivity contribution in [3.8, 4) is 11.5 Å². The maximum absolute atomic E-state index is 12.6. The standard InChI is InChI=1S/C26H32O13/c1-11-17(37-19(30)6-4-12-3-5-15(28)16(29)7-12)8-13-14(24(34)35-2)10-36-25(20(11)13)39-26-23(33)22(32)21(31)18(9-27)38-26/h3-7,10-11,13,17-18,20-23,25-29,31-33H,8-9H2,1-2H3/t11-,13+,17-,18-,20+,21-,22-,23-,25+,26+/m0/s1. The quantitative estimate of drug-likeness (QED) is 0.144. The SMILES string of the molecule is COC(=O)C1=CO[C@H](O[C@H]2O[C@@H](CO)[C@H](O)[C@H](O)[C@@H]2O)[C@@H]2[C@@H](C)[C@@H](OC(=O)C=Cc3ccc(O)c(O)c3)C[C@H]12. The zero-order chi connectivity index (χ0) is 28.4. The molecule has 0 amide bonds. The van der Waals surface area contributed by atoms with E-state index < -0.39 is 79.4 Å². The van der Waals surface area contributed by atoms with E-state index in [1.807, 2.05) is 0 Å². The Kier molecular flexibility index (Phi) is 8.79. The van der Waals surface area contributed by atoms with Gasteiger partial charge in [-0.25, -0.2) is 9.59 Å². The number of aliphatic hydroxyl groups excluding tert-OH is 4. The number of benzene rings is 1. The number of carbonyl (C=O) groups is 2. The lowest BCUT2D eigenvalue weighted by atomic mass is 9.83. The van der Waals surface area contributed by atoms with Crippen LogP contribution in [0.5, 0.6) is 11.5 Å². The van der Waals surface area contributed by atoms with E-state index in [-0.39, 0.29) is 23.5 Å². The predicted octanol–water partition coefficient (Wildman–Crippen LogP) is -0.475. The topological polar surface area (TPSA) is 202 Å². The van der Waals surface area contributed by atoms with Crippen LogP contribution in [-0.4, -0.2) is 99.4 Å². The number of carbonyl (C=O) groups excluding carboxylic acids is 2. The minimum atomic E-state index is -1.66. The summed E-state index contributed by atoms with van der Waals surface area (Å²) >= 11 is 0. The van der Waals surface area contributed by atoms with Crippen molar-refractivity contribution in [2.45, 2.75) is 56.4 Å². The van der Waals surface area contributed by atoms with Crippen LogP contribution in [0.25, 0.3) is 6.08 Å². The number of hydrogen-bond acceptors (Lipinski definition) is 13. The minimum Gasteiger partial charge on any atom is -0.504 e. The molecule has 1 aromatic carbocycles. The van der Waals surface area contributed by atoms with Crippen molar-refractivity contribution in [2.24, 2.45) is 17.8 Å². The molecule has 2 aliphatic heterocycles. The number of hydrogen-bond donors (Lipinski definition) is 6. The summed E-state index contributed by atoms with van der Waals surface area (Å²) in [6, 6.07) is 4.05. The zero-order valence-electron chi connectivity index (χ0n) is 21.2. The van der Waals surface area contributed by atoms with Crippen LogP contribution >= 0.6 is 0 Å². The van der Waals surface area contributed by atoms with Crippen molar-refractivity contribution in [3.63, 3.8) is 0 Å². The second-order valence-corrected chi connectivity index (χ2v) is 9.74. The van der Waals surface area contributed by atoms with Gasteiger partial charge in [-0.2, -0.15) is 0 Å². The molecule has 2 fully saturated rings. The summed E-state index contributed by atoms with van der Waals surface area (Å²) in [5.41, 5.74) is 0.657. The Bertz CT molecular complexity index is 1120. The first-order valence-electron chi connectivity index (χ1n) is 12.4. The van der Waals surface area contributed by atoms with Gasteiger partial charge in [-0.1, -0.05) is 13.0 Å². The van der Waals surface area contributed by atoms with E-state index >= 15 is 0 Å². The lowest BCUT2D eigenvalue weighted by Crippen LogP contribution is -2.60. The maximum Gasteiger partial charge on any atom is 0.337 e. The van der Waals surface area contributed by atoms with E-state index in [9.17, 15) is 40.2 Å². The molecule has 10 atom stereocenters. The summed E-state index contributed by atoms with van der Waals surface area (Å²) in [6.07, 6.45) is -5.37. The van der Waals surface area contributed by atoms with Gasteiger partial charge in [-0.3, -0.25) is 0 Å². The number of methoxy groups -OCH3 is 1. The van der Waals surface area contributed by atoms with Gasteiger partial charge in [-0.15, -0.1) is 0 Å². The fourth-order valence-corrected chi connectivity index (χ4v) is 5.23. The Balaban J connectivity index is 1.50. The minimum absolute atomic E-state index is 0.205. The fourth-order valence-electron chi connectivity index (χ4n) is 5.23. The second-order valence-electron chi connectivity index (χ2n) is 9.74. The first kappa shape index (κ1) is 28.8. The number of esters is 2. The summed E-state index contributed by atoms with van der Waals surface area (Å²) in [5, 5.41) is 59.1. The van der Waals surface area contributed by atoms with Crippen LogP contribution in [0.2, 0.25) is 0 Å². The molecular weight excluding hydrogens is 520 g/mol. The van der Waals surface area contributed by atoms with E-state index in [1.54, 1.807) is 6.92 Å². The van der Waals surface area contributed by atoms with Crippen molar-refractivity contribution >= 4 is 18.0 Å². The van der Waals surface area contributed by atoms with Crippen LogP contribution in [0.3, 0.4) is 0 Å². The highest BCUT2D eigenvalue weighted by Crippen LogP contribution is 2.48. The Labute approximate surface area is 223 Å². The molecule has 6 N–H and O–H groups in total. The van der Waals surface area contributed by atoms with Gasteiger partial charge in [-0.05, 0) is 30.2 Å². The lowest BCUT2D eigenvalue weighted by Gasteiger charge is -2.43. The largest absolute Gasteiger partial charge is 0.504 e. The predicted molar refractivity (Wildman–Crippen MR) is 129 cm³/mol. The summed E-state index contributed by atoms with van der Waals surface area (Å²) < 4.78 is 27.5. The number of fused-ring (bicyclic) bond motifs is 1. The molecule has 3 aliphatic rings. The third-order valence-electron chi connectivity index (χ3n) is 7.40. The monoisotopic (exact) mass is 552 g/mol. The highest BCUT2D eigenvalue weighted by molar-refractivity contribution is 5.89. The van der Waals surface area contributed by atoms with Crippen LogP contribution in [0, 0.1) is 17.8 Å². The normalized spacial score (nSPS) is 36.1. The number of rotatable bonds is 7. The van der Waals surface area contributed by atoms with E-state index in [4.69, 9.17) is 23.7 Å². The molecule has 0 bridgehead atoms. The fraction of sp³-hybridized carbons (Fsp3) is 0.538. The summed E-state index contributed by atoms with van der Waals surface area (Å²) in [7, 11) is 1.22. The van der Waals surface area contributed by atoms with Gasteiger partial charge in [0.2, 0.25) is 6.29 Å². The van der Waals surface area contributed by atoms with Crippen molar-refractivity contribution in [2.75, 3.05) is 13.7 Å². The molecular formula is C26H32O13. The molecule has 39 heavy (non-hydrogen) atoms. The molecule has 0 unspecified atom stereocenters. The van der Waals surface area contributed by atoms with Gasteiger partial charge in [0.05, 0.1) is 25.6 Å². The van der Waals surface area contributed by atoms with Crippen LogP contribution in [0.15, 0.2) is 36.1 Å². The third-order valence-corrected chi connectivity index (χ3v) is 7.40. The number of phenols is 2. The van der Waals surface area contributed by atoms with Gasteiger partial charge in [0.1, 0.15) is 30.5 Å². The molecule has 1 saturated carbocycles. The zero-order valence-corrected chi connectivity index (χ0v) is 21.2. The van der Waals surface area contributed by atoms with Gasteiger partial charge in [0.15, 0.2) is 17.8 Å². The van der Waals surface area contributed by atoms with Gasteiger partial charge < -0.3 is 54.3 Å². The van der Waals surface area contributed by atoms with Crippen LogP contribution in [0.4, 0.5) is 0 Å². The molecule has 4 rings (SSSR count). The van der Waals surface area contributed by atoms with Crippen LogP contribution in [0.1, 0.15) is 18.9 Å². The molecule has 1 aromatic rings. The molecule has 1 saturated heterocycles. The van der Waals surface area contributed by atoms with Crippen molar-refractivity contribution in [1.82, 2.24) is 0 Å². The Morgan fingerprint density at radius 3 is 2.49 bits per heavy atom. The maximum atomic E-state index is 12.6. The molecule has 0 spiro atoms. The van der Waals surface area contributed by atoms with Crippen LogP contribution in [-0.2, 0) is 33.3 Å². The van der Waals surface area contributed by atoms with Crippen molar-refractivity contribution in [3.05, 3.63) is 41.7 Å². The highest BCUT2D eigenvalue weighted by atomic mass is 16.8. The number of ether oxygens (including phenoxy) is 5. The average molecular weight is 553 g/mol. The molecule has 2 heterocycles. The van der Waals surface area contributed by atoms with Gasteiger partial charge in [0, 0.05) is 23.8 Å². The van der Waals surface area contributed by atoms with E-state index in [1.165, 1.54) is 37.6 Å². The molecule has 214 valence electrons. The first-order chi connectivity index (χ1) is 18.5. The summed E-state index contributed by atoms with van der Waals surface area (Å²) in [6.45, 7) is 1.14. The summed E-state index contributed by atoms with van der Waals surface area (Å²) in [4.78, 5) is 25.1. The van der Waals surface area contributed by atoms with Crippen molar-refractivity contribution < 1.29 is 63.9 Å². The Hall–Kier alpha value is -3.20. The number of phenolic OH excluding ortho intramolecular Hbond substituents is 2. The molecule has 13 nitrogen and oxygen atoms in total. The number of aliphatic hydroxyl groups is 4. The molecule has 0 radical (unpaired) electrons. The van der Waals surface area contributed by atoms with Gasteiger partial charge >= 0.3 is 11.9 Å². The number of aromatic hydroxyl groups is 2. The molecule has 1 aliphatic carbocycles. The summed E-state index contributed by atoms with van der Waals surface area (Å²) in [5.74, 6) is -3.48. The third kappa shape index (κ3) is 5.88. The Morgan fingerprint density at radius 1 is 1.08 bits per heavy atom. The van der Waals surface area contributed by atoms with Crippen LogP contribution < -0.4 is 0 Å². The Morgan fingerprint density at radius 2 is 1.82 bits per heavy atom. The van der Waals surface area contributed by atoms with Crippen molar-refractivity contribution in [1.29, 1.82) is 0 Å². The van der Waals surface area contributed by atoms with Gasteiger partial charge in [0.25, 0.3) is 0 Å². The molecule has 0 aromatic heterocycles. The smallest absolute Gasteiger partial charge is 0.337 e. The van der Waals surface area contributed by atoms with E-state index in [0.29, 0.717) is 5.56 Å².